The molecule has 3 N–H and O–H groups in total. The van der Waals surface area contributed by atoms with Crippen LogP contribution in [-0.2, 0) is 9.53 Å². The zero-order valence-electron chi connectivity index (χ0n) is 14.0. The number of nitrogens with two attached hydrogens (primary N) is 1. The Morgan fingerprint density at radius 2 is 2.04 bits per heavy atom. The van der Waals surface area contributed by atoms with E-state index in [4.69, 9.17) is 10.5 Å². The first-order valence-corrected chi connectivity index (χ1v) is 9.60. The summed E-state index contributed by atoms with van der Waals surface area (Å²) < 4.78 is 18.6. The Bertz CT molecular complexity index is 509. The summed E-state index contributed by atoms with van der Waals surface area (Å²) in [6.45, 7) is 3.36. The summed E-state index contributed by atoms with van der Waals surface area (Å²) in [6.07, 6.45) is 2.65. The Hall–Kier alpha value is -1.15. The van der Waals surface area contributed by atoms with E-state index in [1.807, 2.05) is 6.26 Å². The van der Waals surface area contributed by atoms with Crippen molar-refractivity contribution in [2.75, 3.05) is 44.9 Å². The molecule has 2 atom stereocenters. The number of rotatable bonds is 8. The maximum absolute atomic E-state index is 13.2. The Morgan fingerprint density at radius 3 is 2.67 bits per heavy atom. The molecule has 1 aliphatic rings. The van der Waals surface area contributed by atoms with E-state index in [0.717, 1.165) is 24.4 Å². The number of nitrogens with zero attached hydrogens (tertiary/aromatic N) is 1. The lowest BCUT2D eigenvalue weighted by molar-refractivity contribution is -0.122. The summed E-state index contributed by atoms with van der Waals surface area (Å²) in [5.74, 6) is 0.464. The monoisotopic (exact) mass is 355 g/mol. The first-order chi connectivity index (χ1) is 11.6. The van der Waals surface area contributed by atoms with Gasteiger partial charge in [-0.25, -0.2) is 4.39 Å². The summed E-state index contributed by atoms with van der Waals surface area (Å²) >= 11 is 1.68. The van der Waals surface area contributed by atoms with Crippen molar-refractivity contribution in [1.82, 2.24) is 10.2 Å². The third-order valence-corrected chi connectivity index (χ3v) is 4.82. The molecule has 0 spiro atoms. The van der Waals surface area contributed by atoms with Gasteiger partial charge in [-0.3, -0.25) is 9.69 Å². The van der Waals surface area contributed by atoms with Crippen LogP contribution in [0, 0.1) is 5.82 Å². The van der Waals surface area contributed by atoms with Gasteiger partial charge in [0.05, 0.1) is 25.3 Å². The summed E-state index contributed by atoms with van der Waals surface area (Å²) in [4.78, 5) is 14.4. The predicted molar refractivity (Wildman–Crippen MR) is 95.5 cm³/mol. The Morgan fingerprint density at radius 1 is 1.38 bits per heavy atom. The van der Waals surface area contributed by atoms with Crippen LogP contribution in [0.5, 0.6) is 0 Å². The Labute approximate surface area is 147 Å². The first kappa shape index (κ1) is 19.2. The van der Waals surface area contributed by atoms with Crippen molar-refractivity contribution in [2.24, 2.45) is 5.73 Å². The first-order valence-electron chi connectivity index (χ1n) is 8.21. The zero-order chi connectivity index (χ0) is 17.4. The van der Waals surface area contributed by atoms with Crippen molar-refractivity contribution in [1.29, 1.82) is 0 Å². The van der Waals surface area contributed by atoms with Gasteiger partial charge in [0, 0.05) is 19.6 Å². The molecule has 2 rings (SSSR count). The lowest BCUT2D eigenvalue weighted by atomic mass is 10.0. The highest BCUT2D eigenvalue weighted by atomic mass is 32.2. The van der Waals surface area contributed by atoms with Crippen LogP contribution < -0.4 is 11.1 Å². The topological polar surface area (TPSA) is 67.6 Å². The van der Waals surface area contributed by atoms with Crippen LogP contribution in [0.2, 0.25) is 0 Å². The Kier molecular flexibility index (Phi) is 7.98. The molecule has 2 unspecified atom stereocenters. The minimum Gasteiger partial charge on any atom is -0.379 e. The highest BCUT2D eigenvalue weighted by molar-refractivity contribution is 7.98. The largest absolute Gasteiger partial charge is 0.379 e. The van der Waals surface area contributed by atoms with E-state index < -0.39 is 6.04 Å². The molecular formula is C17H26FN3O2S. The maximum atomic E-state index is 13.2. The van der Waals surface area contributed by atoms with E-state index in [2.05, 4.69) is 10.2 Å². The average Bonchev–Trinajstić information content (AvgIpc) is 2.62. The molecule has 1 amide bonds. The van der Waals surface area contributed by atoms with Crippen LogP contribution in [0.15, 0.2) is 24.3 Å². The number of carbonyl (C=O) groups is 1. The third kappa shape index (κ3) is 5.73. The van der Waals surface area contributed by atoms with E-state index >= 15 is 0 Å². The normalized spacial score (nSPS) is 18.1. The van der Waals surface area contributed by atoms with Gasteiger partial charge in [0.1, 0.15) is 5.82 Å². The summed E-state index contributed by atoms with van der Waals surface area (Å²) in [7, 11) is 0. The van der Waals surface area contributed by atoms with E-state index in [1.54, 1.807) is 23.9 Å². The number of morpholine rings is 1. The number of ether oxygens (including phenoxy) is 1. The van der Waals surface area contributed by atoms with Gasteiger partial charge >= 0.3 is 0 Å². The standard InChI is InChI=1S/C17H26FN3O2S/c1-24-11-6-15(19)17(22)20-12-16(21-7-9-23-10-8-21)13-2-4-14(18)5-3-13/h2-5,15-16H,6-12,19H2,1H3,(H,20,22). The molecule has 0 aromatic heterocycles. The lowest BCUT2D eigenvalue weighted by Gasteiger charge is -2.35. The number of thioether (sulfide) groups is 1. The van der Waals surface area contributed by atoms with Crippen LogP contribution >= 0.6 is 11.8 Å². The van der Waals surface area contributed by atoms with Gasteiger partial charge in [0.15, 0.2) is 0 Å². The number of carbonyl (C=O) groups excluding carboxylic acids is 1. The van der Waals surface area contributed by atoms with Gasteiger partial charge in [0.2, 0.25) is 5.91 Å². The number of halogens is 1. The summed E-state index contributed by atoms with van der Waals surface area (Å²) in [6, 6.07) is 5.95. The van der Waals surface area contributed by atoms with Crippen molar-refractivity contribution in [3.05, 3.63) is 35.6 Å². The average molecular weight is 355 g/mol. The fourth-order valence-electron chi connectivity index (χ4n) is 2.74. The number of amides is 1. The second kappa shape index (κ2) is 9.98. The molecule has 1 aromatic carbocycles. The van der Waals surface area contributed by atoms with Crippen molar-refractivity contribution in [3.63, 3.8) is 0 Å². The number of nitrogens with one attached hydrogen (secondary N) is 1. The molecule has 1 fully saturated rings. The molecule has 5 nitrogen and oxygen atoms in total. The molecule has 1 aromatic rings. The molecule has 0 bridgehead atoms. The minimum absolute atomic E-state index is 0.00815. The van der Waals surface area contributed by atoms with Crippen LogP contribution in [0.3, 0.4) is 0 Å². The lowest BCUT2D eigenvalue weighted by Crippen LogP contribution is -2.47. The van der Waals surface area contributed by atoms with E-state index in [9.17, 15) is 9.18 Å². The van der Waals surface area contributed by atoms with E-state index in [-0.39, 0.29) is 17.8 Å². The fraction of sp³-hybridized carbons (Fsp3) is 0.588. The highest BCUT2D eigenvalue weighted by Crippen LogP contribution is 2.21. The molecule has 0 aliphatic carbocycles. The SMILES string of the molecule is CSCCC(N)C(=O)NCC(c1ccc(F)cc1)N1CCOCC1. The van der Waals surface area contributed by atoms with Gasteiger partial charge in [-0.05, 0) is 36.1 Å². The van der Waals surface area contributed by atoms with Crippen molar-refractivity contribution >= 4 is 17.7 Å². The summed E-state index contributed by atoms with van der Waals surface area (Å²) in [5.41, 5.74) is 6.90. The molecule has 1 saturated heterocycles. The summed E-state index contributed by atoms with van der Waals surface area (Å²) in [5, 5.41) is 2.95. The van der Waals surface area contributed by atoms with Crippen molar-refractivity contribution in [2.45, 2.75) is 18.5 Å². The van der Waals surface area contributed by atoms with Gasteiger partial charge < -0.3 is 15.8 Å². The van der Waals surface area contributed by atoms with Crippen LogP contribution in [0.1, 0.15) is 18.0 Å². The second-order valence-electron chi connectivity index (χ2n) is 5.85. The molecule has 1 heterocycles. The highest BCUT2D eigenvalue weighted by Gasteiger charge is 2.24. The molecule has 134 valence electrons. The third-order valence-electron chi connectivity index (χ3n) is 4.18. The molecule has 0 saturated carbocycles. The smallest absolute Gasteiger partial charge is 0.237 e. The second-order valence-corrected chi connectivity index (χ2v) is 6.83. The predicted octanol–water partition coefficient (Wildman–Crippen LogP) is 1.40. The van der Waals surface area contributed by atoms with E-state index in [1.165, 1.54) is 12.1 Å². The molecular weight excluding hydrogens is 329 g/mol. The van der Waals surface area contributed by atoms with Crippen molar-refractivity contribution in [3.8, 4) is 0 Å². The molecule has 24 heavy (non-hydrogen) atoms. The maximum Gasteiger partial charge on any atom is 0.237 e. The minimum atomic E-state index is -0.490. The quantitative estimate of drug-likeness (QED) is 0.738. The van der Waals surface area contributed by atoms with Gasteiger partial charge in [0.25, 0.3) is 0 Å². The van der Waals surface area contributed by atoms with Gasteiger partial charge in [-0.15, -0.1) is 0 Å². The molecule has 1 aliphatic heterocycles. The zero-order valence-corrected chi connectivity index (χ0v) is 14.9. The van der Waals surface area contributed by atoms with Crippen LogP contribution in [-0.4, -0.2) is 61.7 Å². The molecule has 7 heteroatoms. The number of benzene rings is 1. The fourth-order valence-corrected chi connectivity index (χ4v) is 3.23. The van der Waals surface area contributed by atoms with Gasteiger partial charge in [-0.1, -0.05) is 12.1 Å². The molecule has 0 radical (unpaired) electrons. The number of hydrogen-bond acceptors (Lipinski definition) is 5. The van der Waals surface area contributed by atoms with Crippen LogP contribution in [0.4, 0.5) is 4.39 Å². The van der Waals surface area contributed by atoms with Gasteiger partial charge in [-0.2, -0.15) is 11.8 Å². The van der Waals surface area contributed by atoms with Crippen LogP contribution in [0.25, 0.3) is 0 Å². The van der Waals surface area contributed by atoms with Crippen molar-refractivity contribution < 1.29 is 13.9 Å². The number of hydrogen-bond donors (Lipinski definition) is 2. The Balaban J connectivity index is 2.00. The van der Waals surface area contributed by atoms with E-state index in [0.29, 0.717) is 26.2 Å².